The minimum atomic E-state index is -2.91. The molecule has 1 aliphatic heterocycles. The molecular formula is C16H22F2N2O3. The maximum absolute atomic E-state index is 12.6. The van der Waals surface area contributed by atoms with E-state index in [1.54, 1.807) is 25.1 Å². The van der Waals surface area contributed by atoms with Crippen LogP contribution in [0.1, 0.15) is 31.4 Å². The molecule has 1 aromatic carbocycles. The van der Waals surface area contributed by atoms with E-state index in [9.17, 15) is 13.6 Å². The van der Waals surface area contributed by atoms with Gasteiger partial charge >= 0.3 is 6.61 Å². The number of hydrogen-bond acceptors (Lipinski definition) is 4. The number of carbonyl (C=O) groups is 1. The highest BCUT2D eigenvalue weighted by Gasteiger charge is 2.40. The lowest BCUT2D eigenvalue weighted by Gasteiger charge is -2.35. The zero-order valence-corrected chi connectivity index (χ0v) is 13.3. The summed E-state index contributed by atoms with van der Waals surface area (Å²) in [6.07, 6.45) is 1.13. The zero-order chi connectivity index (χ0) is 16.9. The van der Waals surface area contributed by atoms with Crippen LogP contribution in [0, 0.1) is 0 Å². The lowest BCUT2D eigenvalue weighted by Crippen LogP contribution is -2.54. The van der Waals surface area contributed by atoms with Crippen molar-refractivity contribution in [2.75, 3.05) is 20.2 Å². The number of carbonyl (C=O) groups excluding carboxylic acids is 1. The number of halogens is 2. The molecule has 0 saturated carbocycles. The average molecular weight is 328 g/mol. The molecule has 1 atom stereocenters. The Bertz CT molecular complexity index is 534. The second-order valence-corrected chi connectivity index (χ2v) is 5.56. The van der Waals surface area contributed by atoms with Crippen LogP contribution in [-0.2, 0) is 9.53 Å². The fraction of sp³-hybridized carbons (Fsp3) is 0.562. The fourth-order valence-electron chi connectivity index (χ4n) is 2.80. The van der Waals surface area contributed by atoms with Gasteiger partial charge in [-0.25, -0.2) is 0 Å². The van der Waals surface area contributed by atoms with Crippen LogP contribution in [-0.4, -0.2) is 38.3 Å². The molecule has 0 radical (unpaired) electrons. The van der Waals surface area contributed by atoms with E-state index >= 15 is 0 Å². The number of ether oxygens (including phenoxy) is 2. The fourth-order valence-corrected chi connectivity index (χ4v) is 2.80. The Morgan fingerprint density at radius 2 is 1.96 bits per heavy atom. The summed E-state index contributed by atoms with van der Waals surface area (Å²) in [4.78, 5) is 12.6. The van der Waals surface area contributed by atoms with Gasteiger partial charge in [-0.3, -0.25) is 4.79 Å². The van der Waals surface area contributed by atoms with Crippen molar-refractivity contribution in [2.45, 2.75) is 38.0 Å². The number of piperidine rings is 1. The molecule has 7 heteroatoms. The molecule has 1 unspecified atom stereocenters. The molecule has 1 aliphatic rings. The van der Waals surface area contributed by atoms with Gasteiger partial charge in [0.1, 0.15) is 11.4 Å². The van der Waals surface area contributed by atoms with Gasteiger partial charge in [-0.15, -0.1) is 0 Å². The summed E-state index contributed by atoms with van der Waals surface area (Å²) in [7, 11) is 1.52. The third kappa shape index (κ3) is 4.17. The van der Waals surface area contributed by atoms with Crippen LogP contribution in [0.3, 0.4) is 0 Å². The third-order valence-electron chi connectivity index (χ3n) is 4.16. The van der Waals surface area contributed by atoms with Crippen molar-refractivity contribution in [1.29, 1.82) is 0 Å². The minimum absolute atomic E-state index is 0.0621. The molecular weight excluding hydrogens is 306 g/mol. The zero-order valence-electron chi connectivity index (χ0n) is 13.3. The number of rotatable bonds is 6. The number of methoxy groups -OCH3 is 1. The second kappa shape index (κ2) is 7.70. The molecule has 0 aliphatic carbocycles. The van der Waals surface area contributed by atoms with Crippen molar-refractivity contribution in [3.63, 3.8) is 0 Å². The van der Waals surface area contributed by atoms with Gasteiger partial charge in [0.05, 0.1) is 6.04 Å². The van der Waals surface area contributed by atoms with E-state index in [0.29, 0.717) is 31.5 Å². The Labute approximate surface area is 134 Å². The molecule has 23 heavy (non-hydrogen) atoms. The summed E-state index contributed by atoms with van der Waals surface area (Å²) >= 11 is 0. The summed E-state index contributed by atoms with van der Waals surface area (Å²) < 4.78 is 35.0. The number of hydrogen-bond donors (Lipinski definition) is 2. The van der Waals surface area contributed by atoms with Crippen LogP contribution in [0.5, 0.6) is 5.75 Å². The Morgan fingerprint density at radius 1 is 1.30 bits per heavy atom. The Balaban J connectivity index is 2.12. The van der Waals surface area contributed by atoms with Crippen molar-refractivity contribution >= 4 is 5.91 Å². The first-order valence-corrected chi connectivity index (χ1v) is 7.59. The molecule has 2 N–H and O–H groups in total. The average Bonchev–Trinajstić information content (AvgIpc) is 2.55. The molecule has 1 fully saturated rings. The van der Waals surface area contributed by atoms with E-state index in [2.05, 4.69) is 15.4 Å². The van der Waals surface area contributed by atoms with Crippen LogP contribution >= 0.6 is 0 Å². The Kier molecular flexibility index (Phi) is 5.90. The van der Waals surface area contributed by atoms with E-state index in [0.717, 1.165) is 0 Å². The summed E-state index contributed by atoms with van der Waals surface area (Å²) in [6, 6.07) is 5.97. The van der Waals surface area contributed by atoms with Gasteiger partial charge in [0.25, 0.3) is 5.91 Å². The van der Waals surface area contributed by atoms with Gasteiger partial charge in [-0.1, -0.05) is 18.2 Å². The molecule has 0 spiro atoms. The van der Waals surface area contributed by atoms with E-state index in [1.807, 2.05) is 0 Å². The smallest absolute Gasteiger partial charge is 0.387 e. The molecule has 1 heterocycles. The molecule has 128 valence electrons. The number of benzene rings is 1. The van der Waals surface area contributed by atoms with Crippen LogP contribution < -0.4 is 15.4 Å². The summed E-state index contributed by atoms with van der Waals surface area (Å²) in [5.41, 5.74) is -0.376. The highest BCUT2D eigenvalue weighted by atomic mass is 19.3. The van der Waals surface area contributed by atoms with Crippen LogP contribution in [0.4, 0.5) is 8.78 Å². The van der Waals surface area contributed by atoms with E-state index < -0.39 is 18.3 Å². The van der Waals surface area contributed by atoms with Crippen LogP contribution in [0.2, 0.25) is 0 Å². The van der Waals surface area contributed by atoms with Crippen molar-refractivity contribution in [3.8, 4) is 5.75 Å². The third-order valence-corrected chi connectivity index (χ3v) is 4.16. The monoisotopic (exact) mass is 328 g/mol. The Morgan fingerprint density at radius 3 is 2.57 bits per heavy atom. The van der Waals surface area contributed by atoms with Gasteiger partial charge in [-0.2, -0.15) is 8.78 Å². The summed E-state index contributed by atoms with van der Waals surface area (Å²) in [5.74, 6) is -0.173. The predicted molar refractivity (Wildman–Crippen MR) is 81.5 cm³/mol. The number of alkyl halides is 2. The first-order chi connectivity index (χ1) is 11.0. The number of amides is 1. The summed E-state index contributed by atoms with van der Waals surface area (Å²) in [5, 5.41) is 6.04. The van der Waals surface area contributed by atoms with Gasteiger partial charge in [0, 0.05) is 12.7 Å². The first-order valence-electron chi connectivity index (χ1n) is 7.59. The standard InChI is InChI=1S/C16H22F2N2O3/c1-11(12-5-3-4-6-13(12)23-15(17)18)20-14(21)16(22-2)7-9-19-10-8-16/h3-6,11,15,19H,7-10H2,1-2H3,(H,20,21). The maximum Gasteiger partial charge on any atom is 0.387 e. The van der Waals surface area contributed by atoms with Crippen LogP contribution in [0.15, 0.2) is 24.3 Å². The first kappa shape index (κ1) is 17.6. The topological polar surface area (TPSA) is 59.6 Å². The molecule has 1 aromatic rings. The highest BCUT2D eigenvalue weighted by Crippen LogP contribution is 2.28. The van der Waals surface area contributed by atoms with Gasteiger partial charge in [0.2, 0.25) is 0 Å². The minimum Gasteiger partial charge on any atom is -0.434 e. The van der Waals surface area contributed by atoms with Gasteiger partial charge in [0.15, 0.2) is 0 Å². The largest absolute Gasteiger partial charge is 0.434 e. The normalized spacial score (nSPS) is 18.5. The molecule has 0 aromatic heterocycles. The van der Waals surface area contributed by atoms with Crippen LogP contribution in [0.25, 0.3) is 0 Å². The maximum atomic E-state index is 12.6. The highest BCUT2D eigenvalue weighted by molar-refractivity contribution is 5.85. The molecule has 2 rings (SSSR count). The molecule has 0 bridgehead atoms. The van der Waals surface area contributed by atoms with E-state index in [1.165, 1.54) is 13.2 Å². The van der Waals surface area contributed by atoms with E-state index in [-0.39, 0.29) is 11.7 Å². The van der Waals surface area contributed by atoms with Crippen molar-refractivity contribution < 1.29 is 23.0 Å². The summed E-state index contributed by atoms with van der Waals surface area (Å²) in [6.45, 7) is 0.214. The van der Waals surface area contributed by atoms with Crippen molar-refractivity contribution in [1.82, 2.24) is 10.6 Å². The predicted octanol–water partition coefficient (Wildman–Crippen LogP) is 2.23. The molecule has 1 saturated heterocycles. The van der Waals surface area contributed by atoms with Gasteiger partial charge in [-0.05, 0) is 38.9 Å². The van der Waals surface area contributed by atoms with Crippen molar-refractivity contribution in [3.05, 3.63) is 29.8 Å². The molecule has 5 nitrogen and oxygen atoms in total. The lowest BCUT2D eigenvalue weighted by molar-refractivity contribution is -0.147. The van der Waals surface area contributed by atoms with Gasteiger partial charge < -0.3 is 20.1 Å². The number of nitrogens with one attached hydrogen (secondary N) is 2. The number of para-hydroxylation sites is 1. The quantitative estimate of drug-likeness (QED) is 0.841. The lowest BCUT2D eigenvalue weighted by atomic mass is 9.90. The molecule has 1 amide bonds. The van der Waals surface area contributed by atoms with E-state index in [4.69, 9.17) is 4.74 Å². The SMILES string of the molecule is COC1(C(=O)NC(C)c2ccccc2OC(F)F)CCNCC1. The Hall–Kier alpha value is -1.73. The van der Waals surface area contributed by atoms with Crippen molar-refractivity contribution in [2.24, 2.45) is 0 Å². The second-order valence-electron chi connectivity index (χ2n) is 5.56.